The van der Waals surface area contributed by atoms with Crippen LogP contribution in [0.4, 0.5) is 21.7 Å². The van der Waals surface area contributed by atoms with Crippen molar-refractivity contribution in [2.24, 2.45) is 5.92 Å². The van der Waals surface area contributed by atoms with Crippen LogP contribution in [0, 0.1) is 5.92 Å². The first-order valence-electron chi connectivity index (χ1n) is 15.0. The maximum atomic E-state index is 14.8. The van der Waals surface area contributed by atoms with Gasteiger partial charge in [0.15, 0.2) is 0 Å². The molecule has 0 bridgehead atoms. The summed E-state index contributed by atoms with van der Waals surface area (Å²) in [6, 6.07) is 8.07. The second-order valence-electron chi connectivity index (χ2n) is 11.3. The molecule has 1 N–H and O–H groups in total. The van der Waals surface area contributed by atoms with Crippen molar-refractivity contribution < 1.29 is 21.7 Å². The molecule has 0 radical (unpaired) electrons. The molecule has 2 aromatic heterocycles. The lowest BCUT2D eigenvalue weighted by Gasteiger charge is -2.48. The van der Waals surface area contributed by atoms with Gasteiger partial charge in [-0.05, 0) is 61.3 Å². The Morgan fingerprint density at radius 2 is 2.03 bits per heavy atom. The standard InChI is InChI=1S/C29H38FN5O3S/c1-17(2)21-7-8-25(35-15-20(18(35)3)16-39(5,36)37)23-14-32-28(13-22(21)23)33-27-10-11-31-29(34-27)19-6-9-26(38-4)24(30)12-19/h7-8,10-11,13-14,17-20,24,26H,6,9,12,15-16H2,1-5H3,(H,31,32,33,34)/t18-,19-,20-,24+,26-/m1/s1/i4D3. The van der Waals surface area contributed by atoms with Crippen LogP contribution in [-0.4, -0.2) is 67.3 Å². The maximum Gasteiger partial charge on any atom is 0.147 e. The van der Waals surface area contributed by atoms with E-state index < -0.39 is 29.2 Å². The SMILES string of the molecule is [2H]C([2H])([2H])O[C@@H]1CC[C@@H](c2nccc(Nc3cc4c(C(C)C)ccc(N5C[C@H](CS(C)(=O)=O)[C@H]5C)c4cn3)n2)C[C@@H]1F. The van der Waals surface area contributed by atoms with Gasteiger partial charge in [0, 0.05) is 61.2 Å². The lowest BCUT2D eigenvalue weighted by atomic mass is 9.85. The Hall–Kier alpha value is -2.85. The van der Waals surface area contributed by atoms with E-state index in [-0.39, 0.29) is 42.4 Å². The van der Waals surface area contributed by atoms with Crippen molar-refractivity contribution in [3.05, 3.63) is 48.0 Å². The van der Waals surface area contributed by atoms with E-state index in [2.05, 4.69) is 58.1 Å². The Bertz CT molecular complexity index is 1560. The van der Waals surface area contributed by atoms with Crippen molar-refractivity contribution in [3.8, 4) is 0 Å². The van der Waals surface area contributed by atoms with Gasteiger partial charge in [-0.2, -0.15) is 0 Å². The van der Waals surface area contributed by atoms with Crippen LogP contribution in [0.15, 0.2) is 36.7 Å². The van der Waals surface area contributed by atoms with Crippen LogP contribution >= 0.6 is 0 Å². The van der Waals surface area contributed by atoms with Crippen molar-refractivity contribution in [1.29, 1.82) is 0 Å². The molecule has 1 saturated carbocycles. The number of fused-ring (bicyclic) bond motifs is 1. The quantitative estimate of drug-likeness (QED) is 0.394. The third-order valence-corrected chi connectivity index (χ3v) is 9.16. The lowest BCUT2D eigenvalue weighted by Crippen LogP contribution is -2.57. The van der Waals surface area contributed by atoms with Crippen LogP contribution in [0.5, 0.6) is 0 Å². The molecule has 39 heavy (non-hydrogen) atoms. The summed E-state index contributed by atoms with van der Waals surface area (Å²) in [5.41, 5.74) is 2.21. The highest BCUT2D eigenvalue weighted by atomic mass is 32.2. The highest BCUT2D eigenvalue weighted by Gasteiger charge is 2.38. The number of rotatable bonds is 8. The Balaban J connectivity index is 1.35. The molecule has 3 aromatic rings. The number of benzene rings is 1. The Kier molecular flexibility index (Phi) is 6.74. The van der Waals surface area contributed by atoms with Crippen molar-refractivity contribution in [3.63, 3.8) is 0 Å². The van der Waals surface area contributed by atoms with Gasteiger partial charge in [0.25, 0.3) is 0 Å². The largest absolute Gasteiger partial charge is 0.378 e. The van der Waals surface area contributed by atoms with E-state index in [0.29, 0.717) is 30.4 Å². The maximum absolute atomic E-state index is 14.8. The fraction of sp³-hybridized carbons (Fsp3) is 0.552. The number of hydrogen-bond acceptors (Lipinski definition) is 8. The van der Waals surface area contributed by atoms with Crippen LogP contribution < -0.4 is 10.2 Å². The average molecular weight is 559 g/mol. The second-order valence-corrected chi connectivity index (χ2v) is 13.5. The minimum absolute atomic E-state index is 0.0949. The predicted octanol–water partition coefficient (Wildman–Crippen LogP) is 5.38. The summed E-state index contributed by atoms with van der Waals surface area (Å²) in [4.78, 5) is 15.9. The third-order valence-electron chi connectivity index (χ3n) is 8.12. The number of ether oxygens (including phenoxy) is 1. The first kappa shape index (κ1) is 24.0. The topological polar surface area (TPSA) is 97.3 Å². The van der Waals surface area contributed by atoms with Gasteiger partial charge in [-0.25, -0.2) is 27.8 Å². The van der Waals surface area contributed by atoms with Gasteiger partial charge in [0.2, 0.25) is 0 Å². The summed E-state index contributed by atoms with van der Waals surface area (Å²) in [5, 5.41) is 5.34. The summed E-state index contributed by atoms with van der Waals surface area (Å²) in [5.74, 6) is 1.94. The molecule has 2 aliphatic rings. The fourth-order valence-corrected chi connectivity index (χ4v) is 7.04. The van der Waals surface area contributed by atoms with Crippen LogP contribution in [-0.2, 0) is 14.6 Å². The van der Waals surface area contributed by atoms with Crippen molar-refractivity contribution in [2.45, 2.75) is 70.2 Å². The van der Waals surface area contributed by atoms with E-state index in [1.807, 2.05) is 12.3 Å². The van der Waals surface area contributed by atoms with Crippen LogP contribution in [0.1, 0.15) is 67.4 Å². The van der Waals surface area contributed by atoms with Crippen LogP contribution in [0.3, 0.4) is 0 Å². The molecule has 1 aromatic carbocycles. The first-order chi connectivity index (χ1) is 19.7. The summed E-state index contributed by atoms with van der Waals surface area (Å²) < 4.78 is 65.2. The van der Waals surface area contributed by atoms with E-state index in [1.165, 1.54) is 11.8 Å². The minimum atomic E-state index is -3.04. The molecule has 0 spiro atoms. The molecule has 0 unspecified atom stereocenters. The molecule has 5 rings (SSSR count). The first-order valence-corrected chi connectivity index (χ1v) is 15.5. The molecule has 210 valence electrons. The smallest absolute Gasteiger partial charge is 0.147 e. The molecular formula is C29H38FN5O3S. The van der Waals surface area contributed by atoms with Gasteiger partial charge in [-0.15, -0.1) is 0 Å². The highest BCUT2D eigenvalue weighted by molar-refractivity contribution is 7.90. The van der Waals surface area contributed by atoms with Gasteiger partial charge >= 0.3 is 0 Å². The number of nitrogens with zero attached hydrogens (tertiary/aromatic N) is 4. The summed E-state index contributed by atoms with van der Waals surface area (Å²) in [6.07, 6.45) is 3.29. The van der Waals surface area contributed by atoms with Gasteiger partial charge in [-0.3, -0.25) is 0 Å². The van der Waals surface area contributed by atoms with Gasteiger partial charge < -0.3 is 15.0 Å². The normalized spacial score (nSPS) is 27.1. The van der Waals surface area contributed by atoms with Crippen molar-refractivity contribution in [1.82, 2.24) is 15.0 Å². The number of halogens is 1. The number of anilines is 3. The molecule has 0 amide bonds. The Morgan fingerprint density at radius 3 is 2.72 bits per heavy atom. The van der Waals surface area contributed by atoms with Crippen LogP contribution in [0.25, 0.3) is 10.8 Å². The minimum Gasteiger partial charge on any atom is -0.378 e. The molecule has 8 nitrogen and oxygen atoms in total. The van der Waals surface area contributed by atoms with E-state index in [4.69, 9.17) is 8.85 Å². The number of aromatic nitrogens is 3. The molecule has 10 heteroatoms. The Morgan fingerprint density at radius 1 is 1.21 bits per heavy atom. The monoisotopic (exact) mass is 558 g/mol. The van der Waals surface area contributed by atoms with E-state index in [1.54, 1.807) is 12.3 Å². The molecule has 2 fully saturated rings. The zero-order chi connectivity index (χ0) is 30.4. The molecule has 1 saturated heterocycles. The lowest BCUT2D eigenvalue weighted by molar-refractivity contribution is -0.000440. The van der Waals surface area contributed by atoms with Gasteiger partial charge in [0.1, 0.15) is 33.5 Å². The summed E-state index contributed by atoms with van der Waals surface area (Å²) >= 11 is 0. The predicted molar refractivity (Wildman–Crippen MR) is 153 cm³/mol. The number of pyridine rings is 1. The highest BCUT2D eigenvalue weighted by Crippen LogP contribution is 2.40. The second kappa shape index (κ2) is 11.0. The summed E-state index contributed by atoms with van der Waals surface area (Å²) in [7, 11) is -5.67. The van der Waals surface area contributed by atoms with E-state index >= 15 is 0 Å². The Labute approximate surface area is 234 Å². The third kappa shape index (κ3) is 5.87. The number of hydrogen-bond donors (Lipinski definition) is 1. The van der Waals surface area contributed by atoms with Crippen LogP contribution in [0.2, 0.25) is 0 Å². The summed E-state index contributed by atoms with van der Waals surface area (Å²) in [6.45, 7) is 7.03. The van der Waals surface area contributed by atoms with E-state index in [0.717, 1.165) is 16.5 Å². The van der Waals surface area contributed by atoms with E-state index in [9.17, 15) is 12.8 Å². The average Bonchev–Trinajstić information content (AvgIpc) is 2.90. The number of alkyl halides is 1. The zero-order valence-electron chi connectivity index (χ0n) is 25.8. The molecule has 3 heterocycles. The fourth-order valence-electron chi connectivity index (χ4n) is 5.88. The zero-order valence-corrected chi connectivity index (χ0v) is 23.6. The molecular weight excluding hydrogens is 517 g/mol. The molecule has 1 aliphatic heterocycles. The van der Waals surface area contributed by atoms with Gasteiger partial charge in [0.05, 0.1) is 16.0 Å². The number of nitrogens with one attached hydrogen (secondary N) is 1. The van der Waals surface area contributed by atoms with Crippen molar-refractivity contribution in [2.75, 3.05) is 35.8 Å². The number of sulfone groups is 1. The molecule has 1 aliphatic carbocycles. The van der Waals surface area contributed by atoms with Crippen molar-refractivity contribution >= 4 is 37.9 Å². The van der Waals surface area contributed by atoms with Gasteiger partial charge in [-0.1, -0.05) is 19.9 Å². The molecule has 5 atom stereocenters. The number of methoxy groups -OCH3 is 1.